The molecule has 1 aromatic rings. The Morgan fingerprint density at radius 3 is 2.65 bits per heavy atom. The highest BCUT2D eigenvalue weighted by atomic mass is 19.4. The van der Waals surface area contributed by atoms with E-state index >= 15 is 0 Å². The minimum atomic E-state index is -4.29. The van der Waals surface area contributed by atoms with Crippen LogP contribution in [0.25, 0.3) is 0 Å². The minimum absolute atomic E-state index is 0.0755. The maximum Gasteiger partial charge on any atom is 0.405 e. The van der Waals surface area contributed by atoms with E-state index in [4.69, 9.17) is 4.74 Å². The number of nitrogens with one attached hydrogen (secondary N) is 1. The van der Waals surface area contributed by atoms with E-state index in [1.807, 2.05) is 6.92 Å². The number of aryl methyl sites for hydroxylation is 1. The molecule has 17 heavy (non-hydrogen) atoms. The van der Waals surface area contributed by atoms with Gasteiger partial charge in [-0.3, -0.25) is 0 Å². The zero-order valence-corrected chi connectivity index (χ0v) is 9.64. The number of ether oxygens (including phenoxy) is 1. The number of hydrogen-bond donors (Lipinski definition) is 1. The number of rotatable bonds is 5. The molecule has 1 rings (SSSR count). The van der Waals surface area contributed by atoms with Gasteiger partial charge in [-0.1, -0.05) is 6.92 Å². The summed E-state index contributed by atoms with van der Waals surface area (Å²) < 4.78 is 41.2. The van der Waals surface area contributed by atoms with Crippen LogP contribution < -0.4 is 10.1 Å². The van der Waals surface area contributed by atoms with E-state index in [2.05, 4.69) is 15.3 Å². The lowest BCUT2D eigenvalue weighted by molar-refractivity contribution is -0.115. The van der Waals surface area contributed by atoms with Crippen LogP contribution in [0.4, 0.5) is 19.1 Å². The Morgan fingerprint density at radius 2 is 2.06 bits per heavy atom. The predicted octanol–water partition coefficient (Wildman–Crippen LogP) is 2.55. The van der Waals surface area contributed by atoms with Gasteiger partial charge in [0.05, 0.1) is 6.61 Å². The SMILES string of the molecule is CCCOc1cc(C)nc(NCC(F)(F)F)n1. The third-order valence-electron chi connectivity index (χ3n) is 1.73. The highest BCUT2D eigenvalue weighted by Gasteiger charge is 2.27. The van der Waals surface area contributed by atoms with Crippen LogP contribution in [0.3, 0.4) is 0 Å². The fourth-order valence-electron chi connectivity index (χ4n) is 1.08. The topological polar surface area (TPSA) is 47.0 Å². The molecule has 0 aromatic carbocycles. The molecule has 0 aliphatic heterocycles. The summed E-state index contributed by atoms with van der Waals surface area (Å²) in [6.07, 6.45) is -3.49. The number of anilines is 1. The van der Waals surface area contributed by atoms with Gasteiger partial charge < -0.3 is 10.1 Å². The van der Waals surface area contributed by atoms with Crippen LogP contribution in [0.1, 0.15) is 19.0 Å². The van der Waals surface area contributed by atoms with Gasteiger partial charge in [-0.2, -0.15) is 18.2 Å². The molecule has 1 heterocycles. The zero-order valence-electron chi connectivity index (χ0n) is 9.64. The fourth-order valence-corrected chi connectivity index (χ4v) is 1.08. The monoisotopic (exact) mass is 249 g/mol. The van der Waals surface area contributed by atoms with E-state index in [1.54, 1.807) is 13.0 Å². The van der Waals surface area contributed by atoms with Gasteiger partial charge in [0, 0.05) is 11.8 Å². The molecule has 96 valence electrons. The average molecular weight is 249 g/mol. The molecule has 0 saturated heterocycles. The Labute approximate surface area is 97.2 Å². The molecule has 0 unspecified atom stereocenters. The average Bonchev–Trinajstić information content (AvgIpc) is 2.22. The zero-order chi connectivity index (χ0) is 12.9. The molecule has 7 heteroatoms. The van der Waals surface area contributed by atoms with Crippen molar-refractivity contribution in [2.45, 2.75) is 26.4 Å². The maximum absolute atomic E-state index is 12.0. The molecule has 1 aromatic heterocycles. The van der Waals surface area contributed by atoms with Gasteiger partial charge in [0.1, 0.15) is 6.54 Å². The second-order valence-corrected chi connectivity index (χ2v) is 3.49. The van der Waals surface area contributed by atoms with Crippen LogP contribution in [-0.4, -0.2) is 29.3 Å². The van der Waals surface area contributed by atoms with Crippen LogP contribution in [-0.2, 0) is 0 Å². The number of halogens is 3. The van der Waals surface area contributed by atoms with E-state index in [0.29, 0.717) is 12.3 Å². The molecule has 0 amide bonds. The first kappa shape index (κ1) is 13.5. The van der Waals surface area contributed by atoms with E-state index < -0.39 is 12.7 Å². The third-order valence-corrected chi connectivity index (χ3v) is 1.73. The van der Waals surface area contributed by atoms with Crippen molar-refractivity contribution in [3.63, 3.8) is 0 Å². The van der Waals surface area contributed by atoms with Crippen LogP contribution in [0, 0.1) is 6.92 Å². The first-order valence-corrected chi connectivity index (χ1v) is 5.20. The molecule has 0 bridgehead atoms. The van der Waals surface area contributed by atoms with E-state index in [0.717, 1.165) is 6.42 Å². The Morgan fingerprint density at radius 1 is 1.35 bits per heavy atom. The summed E-state index contributed by atoms with van der Waals surface area (Å²) in [5.74, 6) is 0.206. The van der Waals surface area contributed by atoms with Crippen molar-refractivity contribution >= 4 is 5.95 Å². The minimum Gasteiger partial charge on any atom is -0.478 e. The van der Waals surface area contributed by atoms with Crippen LogP contribution in [0.15, 0.2) is 6.07 Å². The van der Waals surface area contributed by atoms with E-state index in [9.17, 15) is 13.2 Å². The van der Waals surface area contributed by atoms with Gasteiger partial charge in [-0.05, 0) is 13.3 Å². The number of nitrogens with zero attached hydrogens (tertiary/aromatic N) is 2. The lowest BCUT2D eigenvalue weighted by Crippen LogP contribution is -2.22. The lowest BCUT2D eigenvalue weighted by atomic mass is 10.4. The first-order chi connectivity index (χ1) is 7.90. The summed E-state index contributed by atoms with van der Waals surface area (Å²) in [7, 11) is 0. The molecule has 1 N–H and O–H groups in total. The summed E-state index contributed by atoms with van der Waals surface area (Å²) in [4.78, 5) is 7.67. The molecule has 0 aliphatic carbocycles. The fraction of sp³-hybridized carbons (Fsp3) is 0.600. The summed E-state index contributed by atoms with van der Waals surface area (Å²) >= 11 is 0. The highest BCUT2D eigenvalue weighted by molar-refractivity contribution is 5.30. The van der Waals surface area contributed by atoms with Crippen molar-refractivity contribution < 1.29 is 17.9 Å². The summed E-state index contributed by atoms with van der Waals surface area (Å²) in [6, 6.07) is 1.58. The van der Waals surface area contributed by atoms with Gasteiger partial charge in [-0.15, -0.1) is 0 Å². The van der Waals surface area contributed by atoms with Gasteiger partial charge in [0.25, 0.3) is 0 Å². The highest BCUT2D eigenvalue weighted by Crippen LogP contribution is 2.16. The van der Waals surface area contributed by atoms with E-state index in [1.165, 1.54) is 0 Å². The molecule has 0 atom stereocenters. The van der Waals surface area contributed by atoms with Gasteiger partial charge >= 0.3 is 6.18 Å². The normalized spacial score (nSPS) is 11.4. The van der Waals surface area contributed by atoms with Crippen molar-refractivity contribution in [2.24, 2.45) is 0 Å². The quantitative estimate of drug-likeness (QED) is 0.871. The van der Waals surface area contributed by atoms with Crippen molar-refractivity contribution in [1.29, 1.82) is 0 Å². The Balaban J connectivity index is 2.68. The standard InChI is InChI=1S/C10H14F3N3O/c1-3-4-17-8-5-7(2)15-9(16-8)14-6-10(11,12)13/h5H,3-4,6H2,1-2H3,(H,14,15,16). The molecular weight excluding hydrogens is 235 g/mol. The smallest absolute Gasteiger partial charge is 0.405 e. The number of alkyl halides is 3. The Kier molecular flexibility index (Phi) is 4.53. The van der Waals surface area contributed by atoms with Crippen molar-refractivity contribution in [1.82, 2.24) is 9.97 Å². The maximum atomic E-state index is 12.0. The molecule has 0 radical (unpaired) electrons. The second-order valence-electron chi connectivity index (χ2n) is 3.49. The summed E-state index contributed by atoms with van der Waals surface area (Å²) in [5.41, 5.74) is 0.552. The second kappa shape index (κ2) is 5.70. The molecule has 0 saturated carbocycles. The largest absolute Gasteiger partial charge is 0.478 e. The van der Waals surface area contributed by atoms with Crippen LogP contribution in [0.5, 0.6) is 5.88 Å². The van der Waals surface area contributed by atoms with Crippen LogP contribution >= 0.6 is 0 Å². The lowest BCUT2D eigenvalue weighted by Gasteiger charge is -2.10. The van der Waals surface area contributed by atoms with Gasteiger partial charge in [0.2, 0.25) is 11.8 Å². The molecular formula is C10H14F3N3O. The molecule has 4 nitrogen and oxygen atoms in total. The molecule has 0 aliphatic rings. The van der Waals surface area contributed by atoms with Crippen LogP contribution in [0.2, 0.25) is 0 Å². The Bertz CT molecular complexity index is 368. The summed E-state index contributed by atoms with van der Waals surface area (Å²) in [5, 5.41) is 2.12. The third kappa shape index (κ3) is 5.37. The van der Waals surface area contributed by atoms with Crippen molar-refractivity contribution in [3.8, 4) is 5.88 Å². The number of hydrogen-bond acceptors (Lipinski definition) is 4. The number of aromatic nitrogens is 2. The Hall–Kier alpha value is -1.53. The van der Waals surface area contributed by atoms with Crippen molar-refractivity contribution in [2.75, 3.05) is 18.5 Å². The van der Waals surface area contributed by atoms with Crippen molar-refractivity contribution in [3.05, 3.63) is 11.8 Å². The van der Waals surface area contributed by atoms with E-state index in [-0.39, 0.29) is 11.8 Å². The van der Waals surface area contributed by atoms with Gasteiger partial charge in [-0.25, -0.2) is 4.98 Å². The first-order valence-electron chi connectivity index (χ1n) is 5.20. The summed E-state index contributed by atoms with van der Waals surface area (Å²) in [6.45, 7) is 2.90. The molecule has 0 fully saturated rings. The predicted molar refractivity (Wildman–Crippen MR) is 57.1 cm³/mol. The van der Waals surface area contributed by atoms with Gasteiger partial charge in [0.15, 0.2) is 0 Å². The molecule has 0 spiro atoms.